The average molecular weight is 353 g/mol. The van der Waals surface area contributed by atoms with E-state index in [0.29, 0.717) is 0 Å². The zero-order valence-electron chi connectivity index (χ0n) is 16.2. The van der Waals surface area contributed by atoms with Crippen LogP contribution in [0.4, 0.5) is 0 Å². The lowest BCUT2D eigenvalue weighted by atomic mass is 9.75. The Bertz CT molecular complexity index is 444. The van der Waals surface area contributed by atoms with Gasteiger partial charge in [0, 0.05) is 19.5 Å². The molecule has 1 aliphatic carbocycles. The van der Waals surface area contributed by atoms with Gasteiger partial charge in [-0.15, -0.1) is 0 Å². The highest BCUT2D eigenvalue weighted by molar-refractivity contribution is 5.79. The van der Waals surface area contributed by atoms with Gasteiger partial charge in [0.15, 0.2) is 0 Å². The van der Waals surface area contributed by atoms with Crippen molar-refractivity contribution < 1.29 is 14.7 Å². The molecule has 5 heteroatoms. The Kier molecular flexibility index (Phi) is 7.73. The van der Waals surface area contributed by atoms with Gasteiger partial charge in [-0.05, 0) is 75.8 Å². The molecule has 3 atom stereocenters. The van der Waals surface area contributed by atoms with Crippen molar-refractivity contribution in [2.45, 2.75) is 71.8 Å². The summed E-state index contributed by atoms with van der Waals surface area (Å²) in [6, 6.07) is 0.0772. The minimum absolute atomic E-state index is 0.0772. The lowest BCUT2D eigenvalue weighted by Gasteiger charge is -2.33. The Labute approximate surface area is 152 Å². The number of hydrogen-bond acceptors (Lipinski definition) is 3. The zero-order valence-corrected chi connectivity index (χ0v) is 16.2. The first kappa shape index (κ1) is 20.2. The Balaban J connectivity index is 1.80. The summed E-state index contributed by atoms with van der Waals surface area (Å²) in [6.07, 6.45) is 8.27. The maximum Gasteiger partial charge on any atom is 0.323 e. The van der Waals surface area contributed by atoms with E-state index < -0.39 is 5.97 Å². The molecule has 1 saturated carbocycles. The molecule has 0 spiro atoms. The number of carbonyl (C=O) groups is 2. The third-order valence-electron chi connectivity index (χ3n) is 6.07. The van der Waals surface area contributed by atoms with Crippen LogP contribution < -0.4 is 0 Å². The van der Waals surface area contributed by atoms with Crippen molar-refractivity contribution in [2.24, 2.45) is 17.8 Å². The maximum absolute atomic E-state index is 11.8. The topological polar surface area (TPSA) is 60.9 Å². The summed E-state index contributed by atoms with van der Waals surface area (Å²) >= 11 is 0. The first-order chi connectivity index (χ1) is 11.8. The first-order valence-electron chi connectivity index (χ1n) is 10.1. The molecule has 3 unspecified atom stereocenters. The maximum atomic E-state index is 11.8. The zero-order chi connectivity index (χ0) is 18.4. The van der Waals surface area contributed by atoms with Gasteiger partial charge in [-0.1, -0.05) is 13.8 Å². The molecule has 0 bridgehead atoms. The molecule has 5 nitrogen and oxygen atoms in total. The smallest absolute Gasteiger partial charge is 0.323 e. The number of carboxylic acid groups (broad SMARTS) is 1. The normalized spacial score (nSPS) is 31.3. The molecule has 0 aromatic carbocycles. The van der Waals surface area contributed by atoms with Gasteiger partial charge in [0.25, 0.3) is 0 Å². The van der Waals surface area contributed by atoms with Crippen molar-refractivity contribution in [2.75, 3.05) is 26.2 Å². The number of aliphatic carboxylic acids is 1. The molecule has 2 fully saturated rings. The largest absolute Gasteiger partial charge is 0.480 e. The van der Waals surface area contributed by atoms with Crippen LogP contribution in [0.1, 0.15) is 65.7 Å². The van der Waals surface area contributed by atoms with Gasteiger partial charge < -0.3 is 14.9 Å². The Morgan fingerprint density at radius 1 is 1.08 bits per heavy atom. The third kappa shape index (κ3) is 6.61. The summed E-state index contributed by atoms with van der Waals surface area (Å²) in [6.45, 7) is 9.29. The lowest BCUT2D eigenvalue weighted by Crippen LogP contribution is -2.42. The van der Waals surface area contributed by atoms with Crippen LogP contribution in [0.3, 0.4) is 0 Å². The molecule has 1 N–H and O–H groups in total. The van der Waals surface area contributed by atoms with Crippen LogP contribution in [0.5, 0.6) is 0 Å². The molecule has 1 aliphatic heterocycles. The van der Waals surface area contributed by atoms with E-state index in [0.717, 1.165) is 56.7 Å². The number of likely N-dealkylation sites (tertiary alicyclic amines) is 1. The van der Waals surface area contributed by atoms with Gasteiger partial charge >= 0.3 is 5.97 Å². The number of carbonyl (C=O) groups excluding carboxylic acids is 1. The molecule has 0 aromatic rings. The van der Waals surface area contributed by atoms with E-state index in [1.807, 2.05) is 0 Å². The number of carboxylic acids is 1. The Morgan fingerprint density at radius 2 is 1.76 bits per heavy atom. The highest BCUT2D eigenvalue weighted by Crippen LogP contribution is 2.34. The molecular weight excluding hydrogens is 316 g/mol. The van der Waals surface area contributed by atoms with Crippen molar-refractivity contribution >= 4 is 11.9 Å². The van der Waals surface area contributed by atoms with Gasteiger partial charge in [-0.3, -0.25) is 9.59 Å². The number of rotatable bonds is 6. The lowest BCUT2D eigenvalue weighted by molar-refractivity contribution is -0.145. The summed E-state index contributed by atoms with van der Waals surface area (Å²) in [5, 5.41) is 9.05. The van der Waals surface area contributed by atoms with Crippen molar-refractivity contribution in [1.29, 1.82) is 0 Å². The number of nitrogens with zero attached hydrogens (tertiary/aromatic N) is 2. The summed E-state index contributed by atoms with van der Waals surface area (Å²) < 4.78 is 0. The second-order valence-corrected chi connectivity index (χ2v) is 8.54. The van der Waals surface area contributed by atoms with Gasteiger partial charge in [-0.25, -0.2) is 0 Å². The van der Waals surface area contributed by atoms with E-state index in [2.05, 4.69) is 18.7 Å². The van der Waals surface area contributed by atoms with E-state index in [1.165, 1.54) is 32.6 Å². The minimum Gasteiger partial charge on any atom is -0.480 e. The van der Waals surface area contributed by atoms with Crippen molar-refractivity contribution in [1.82, 2.24) is 9.80 Å². The van der Waals surface area contributed by atoms with Gasteiger partial charge in [-0.2, -0.15) is 0 Å². The van der Waals surface area contributed by atoms with Crippen molar-refractivity contribution in [3.8, 4) is 0 Å². The van der Waals surface area contributed by atoms with Crippen LogP contribution >= 0.6 is 0 Å². The molecule has 2 aliphatic rings. The average Bonchev–Trinajstić information content (AvgIpc) is 2.75. The third-order valence-corrected chi connectivity index (χ3v) is 6.07. The molecule has 2 rings (SSSR count). The van der Waals surface area contributed by atoms with Crippen molar-refractivity contribution in [3.05, 3.63) is 0 Å². The van der Waals surface area contributed by atoms with E-state index in [4.69, 9.17) is 5.11 Å². The number of hydrogen-bond donors (Lipinski definition) is 1. The molecular formula is C20H36N2O3. The SMILES string of the molecule is CC(=O)N(CC(=O)O)C1CCCN(CCC2CC(C)CC(C)C2)CC1. The highest BCUT2D eigenvalue weighted by atomic mass is 16.4. The second kappa shape index (κ2) is 9.56. The summed E-state index contributed by atoms with van der Waals surface area (Å²) in [5.74, 6) is 1.55. The minimum atomic E-state index is -0.920. The van der Waals surface area contributed by atoms with Crippen LogP contribution in [0.2, 0.25) is 0 Å². The van der Waals surface area contributed by atoms with Gasteiger partial charge in [0.2, 0.25) is 5.91 Å². The monoisotopic (exact) mass is 352 g/mol. The molecule has 1 heterocycles. The second-order valence-electron chi connectivity index (χ2n) is 8.54. The van der Waals surface area contributed by atoms with Gasteiger partial charge in [0.05, 0.1) is 0 Å². The predicted molar refractivity (Wildman–Crippen MR) is 99.4 cm³/mol. The van der Waals surface area contributed by atoms with Crippen LogP contribution in [-0.4, -0.2) is 59.0 Å². The number of amides is 1. The summed E-state index contributed by atoms with van der Waals surface area (Å²) in [5.41, 5.74) is 0. The summed E-state index contributed by atoms with van der Waals surface area (Å²) in [7, 11) is 0. The van der Waals surface area contributed by atoms with Crippen molar-refractivity contribution in [3.63, 3.8) is 0 Å². The standard InChI is InChI=1S/C20H36N2O3/c1-15-11-16(2)13-18(12-15)6-9-21-8-4-5-19(7-10-21)22(17(3)23)14-20(24)25/h15-16,18-19H,4-14H2,1-3H3,(H,24,25). The Hall–Kier alpha value is -1.10. The highest BCUT2D eigenvalue weighted by Gasteiger charge is 2.27. The van der Waals surface area contributed by atoms with E-state index in [9.17, 15) is 9.59 Å². The van der Waals surface area contributed by atoms with E-state index in [-0.39, 0.29) is 18.5 Å². The fourth-order valence-corrected chi connectivity index (χ4v) is 5.03. The van der Waals surface area contributed by atoms with Crippen LogP contribution in [0, 0.1) is 17.8 Å². The molecule has 1 saturated heterocycles. The fourth-order valence-electron chi connectivity index (χ4n) is 5.03. The fraction of sp³-hybridized carbons (Fsp3) is 0.900. The quantitative estimate of drug-likeness (QED) is 0.797. The molecule has 25 heavy (non-hydrogen) atoms. The Morgan fingerprint density at radius 3 is 2.36 bits per heavy atom. The molecule has 144 valence electrons. The van der Waals surface area contributed by atoms with E-state index in [1.54, 1.807) is 4.90 Å². The van der Waals surface area contributed by atoms with Gasteiger partial charge in [0.1, 0.15) is 6.54 Å². The van der Waals surface area contributed by atoms with Crippen LogP contribution in [-0.2, 0) is 9.59 Å². The molecule has 0 radical (unpaired) electrons. The molecule has 0 aromatic heterocycles. The molecule has 1 amide bonds. The van der Waals surface area contributed by atoms with Crippen LogP contribution in [0.25, 0.3) is 0 Å². The predicted octanol–water partition coefficient (Wildman–Crippen LogP) is 3.24. The van der Waals surface area contributed by atoms with E-state index >= 15 is 0 Å². The van der Waals surface area contributed by atoms with Crippen LogP contribution in [0.15, 0.2) is 0 Å². The summed E-state index contributed by atoms with van der Waals surface area (Å²) in [4.78, 5) is 26.9. The first-order valence-corrected chi connectivity index (χ1v) is 10.1.